The quantitative estimate of drug-likeness (QED) is 0.818. The molecular formula is C15H26N2O2S. The van der Waals surface area contributed by atoms with Gasteiger partial charge in [-0.1, -0.05) is 29.7 Å². The first-order valence-corrected chi connectivity index (χ1v) is 8.88. The molecule has 114 valence electrons. The molecule has 3 N–H and O–H groups in total. The van der Waals surface area contributed by atoms with Gasteiger partial charge < -0.3 is 5.32 Å². The molecule has 0 amide bonds. The summed E-state index contributed by atoms with van der Waals surface area (Å²) in [5.74, 6) is 0.352. The second-order valence-electron chi connectivity index (χ2n) is 6.47. The monoisotopic (exact) mass is 298 g/mol. The topological polar surface area (TPSA) is 72.2 Å². The van der Waals surface area contributed by atoms with Crippen LogP contribution in [0.15, 0.2) is 22.8 Å². The minimum atomic E-state index is -3.61. The average molecular weight is 298 g/mol. The van der Waals surface area contributed by atoms with Gasteiger partial charge in [0.25, 0.3) is 0 Å². The van der Waals surface area contributed by atoms with Crippen LogP contribution in [0.4, 0.5) is 0 Å². The third kappa shape index (κ3) is 2.47. The summed E-state index contributed by atoms with van der Waals surface area (Å²) in [6, 6.07) is 0. The summed E-state index contributed by atoms with van der Waals surface area (Å²) in [5, 5.41) is 8.34. The molecule has 0 saturated carbocycles. The van der Waals surface area contributed by atoms with E-state index in [-0.39, 0.29) is 0 Å². The fraction of sp³-hybridized carbons (Fsp3) is 0.733. The molecule has 0 aromatic carbocycles. The van der Waals surface area contributed by atoms with Gasteiger partial charge in [-0.05, 0) is 52.6 Å². The molecule has 0 aromatic rings. The molecule has 5 heteroatoms. The first-order chi connectivity index (χ1) is 9.19. The zero-order valence-electron chi connectivity index (χ0n) is 12.9. The lowest BCUT2D eigenvalue weighted by atomic mass is 9.62. The fourth-order valence-corrected chi connectivity index (χ4v) is 5.80. The Labute approximate surface area is 122 Å². The zero-order valence-corrected chi connectivity index (χ0v) is 13.7. The van der Waals surface area contributed by atoms with E-state index in [0.717, 1.165) is 31.5 Å². The first kappa shape index (κ1) is 15.7. The summed E-state index contributed by atoms with van der Waals surface area (Å²) in [4.78, 5) is 0. The highest BCUT2D eigenvalue weighted by molar-refractivity contribution is 7.90. The number of piperidine rings is 1. The van der Waals surface area contributed by atoms with Crippen LogP contribution in [0.3, 0.4) is 0 Å². The van der Waals surface area contributed by atoms with Crippen LogP contribution in [0, 0.1) is 11.3 Å². The maximum Gasteiger partial charge on any atom is 0.216 e. The second kappa shape index (κ2) is 5.28. The molecule has 20 heavy (non-hydrogen) atoms. The molecule has 4 nitrogen and oxygen atoms in total. The SMILES string of the molecule is CC1=CC(C)=C(C)C(C)(C2CCNCC2)C1S(N)(=O)=O. The van der Waals surface area contributed by atoms with Crippen LogP contribution < -0.4 is 10.5 Å². The van der Waals surface area contributed by atoms with Crippen LogP contribution in [0.25, 0.3) is 0 Å². The van der Waals surface area contributed by atoms with Crippen molar-refractivity contribution < 1.29 is 8.42 Å². The van der Waals surface area contributed by atoms with Crippen molar-refractivity contribution in [2.45, 2.75) is 45.8 Å². The van der Waals surface area contributed by atoms with Gasteiger partial charge in [0.1, 0.15) is 5.25 Å². The molecule has 1 saturated heterocycles. The Morgan fingerprint density at radius 2 is 1.80 bits per heavy atom. The lowest BCUT2D eigenvalue weighted by Gasteiger charge is -2.48. The van der Waals surface area contributed by atoms with Gasteiger partial charge >= 0.3 is 0 Å². The normalized spacial score (nSPS) is 33.2. The highest BCUT2D eigenvalue weighted by Gasteiger charge is 2.50. The summed E-state index contributed by atoms with van der Waals surface area (Å²) in [7, 11) is -3.61. The summed E-state index contributed by atoms with van der Waals surface area (Å²) in [5.41, 5.74) is 2.84. The average Bonchev–Trinajstić information content (AvgIpc) is 2.35. The zero-order chi connectivity index (χ0) is 15.1. The van der Waals surface area contributed by atoms with Crippen LogP contribution >= 0.6 is 0 Å². The Balaban J connectivity index is 2.57. The van der Waals surface area contributed by atoms with Crippen LogP contribution in [-0.4, -0.2) is 26.8 Å². The van der Waals surface area contributed by atoms with E-state index in [9.17, 15) is 8.42 Å². The number of hydrogen-bond acceptors (Lipinski definition) is 3. The highest BCUT2D eigenvalue weighted by Crippen LogP contribution is 2.50. The Bertz CT molecular complexity index is 556. The van der Waals surface area contributed by atoms with Gasteiger partial charge in [-0.3, -0.25) is 0 Å². The molecule has 1 heterocycles. The predicted octanol–water partition coefficient (Wildman–Crippen LogP) is 1.95. The molecule has 1 aliphatic carbocycles. The molecule has 0 spiro atoms. The molecule has 1 aliphatic heterocycles. The number of nitrogens with two attached hydrogens (primary N) is 1. The van der Waals surface area contributed by atoms with E-state index in [1.807, 2.05) is 13.0 Å². The van der Waals surface area contributed by atoms with Gasteiger partial charge in [-0.15, -0.1) is 0 Å². The lowest BCUT2D eigenvalue weighted by molar-refractivity contribution is 0.183. The van der Waals surface area contributed by atoms with Crippen LogP contribution in [0.2, 0.25) is 0 Å². The Morgan fingerprint density at radius 3 is 2.30 bits per heavy atom. The molecule has 1 fully saturated rings. The van der Waals surface area contributed by atoms with E-state index in [1.54, 1.807) is 0 Å². The van der Waals surface area contributed by atoms with E-state index in [0.29, 0.717) is 5.92 Å². The molecule has 0 aromatic heterocycles. The molecule has 2 unspecified atom stereocenters. The van der Waals surface area contributed by atoms with E-state index >= 15 is 0 Å². The number of allylic oxidation sites excluding steroid dienone is 3. The summed E-state index contributed by atoms with van der Waals surface area (Å²) >= 11 is 0. The first-order valence-electron chi connectivity index (χ1n) is 7.27. The maximum absolute atomic E-state index is 12.2. The smallest absolute Gasteiger partial charge is 0.216 e. The molecule has 0 radical (unpaired) electrons. The number of hydrogen-bond donors (Lipinski definition) is 2. The van der Waals surface area contributed by atoms with Crippen molar-refractivity contribution in [2.24, 2.45) is 16.5 Å². The molecule has 2 aliphatic rings. The van der Waals surface area contributed by atoms with Crippen molar-refractivity contribution in [1.29, 1.82) is 0 Å². The highest BCUT2D eigenvalue weighted by atomic mass is 32.2. The third-order valence-corrected chi connectivity index (χ3v) is 6.84. The van der Waals surface area contributed by atoms with Gasteiger partial charge in [0.05, 0.1) is 0 Å². The lowest BCUT2D eigenvalue weighted by Crippen LogP contribution is -2.51. The molecule has 0 bridgehead atoms. The molecule has 2 rings (SSSR count). The van der Waals surface area contributed by atoms with Crippen LogP contribution in [0.5, 0.6) is 0 Å². The fourth-order valence-electron chi connectivity index (χ4n) is 4.16. The van der Waals surface area contributed by atoms with E-state index in [1.165, 1.54) is 11.1 Å². The van der Waals surface area contributed by atoms with E-state index in [2.05, 4.69) is 26.1 Å². The minimum Gasteiger partial charge on any atom is -0.317 e. The van der Waals surface area contributed by atoms with Crippen molar-refractivity contribution in [3.8, 4) is 0 Å². The maximum atomic E-state index is 12.2. The standard InChI is InChI=1S/C15H26N2O2S/c1-10-9-11(2)14(20(16,18)19)15(4,12(10)3)13-5-7-17-8-6-13/h9,13-14,17H,5-8H2,1-4H3,(H2,16,18,19). The summed E-state index contributed by atoms with van der Waals surface area (Å²) < 4.78 is 24.4. The second-order valence-corrected chi connectivity index (χ2v) is 8.12. The Kier molecular flexibility index (Phi) is 4.15. The van der Waals surface area contributed by atoms with Crippen molar-refractivity contribution in [3.05, 3.63) is 22.8 Å². The number of primary sulfonamides is 1. The molecule has 2 atom stereocenters. The van der Waals surface area contributed by atoms with Crippen molar-refractivity contribution >= 4 is 10.0 Å². The van der Waals surface area contributed by atoms with Crippen LogP contribution in [0.1, 0.15) is 40.5 Å². The van der Waals surface area contributed by atoms with Crippen molar-refractivity contribution in [3.63, 3.8) is 0 Å². The van der Waals surface area contributed by atoms with Gasteiger partial charge in [0.2, 0.25) is 10.0 Å². The Morgan fingerprint density at radius 1 is 1.25 bits per heavy atom. The summed E-state index contributed by atoms with van der Waals surface area (Å²) in [6.45, 7) is 10.0. The minimum absolute atomic E-state index is 0.352. The third-order valence-electron chi connectivity index (χ3n) is 5.32. The predicted molar refractivity (Wildman–Crippen MR) is 82.7 cm³/mol. The largest absolute Gasteiger partial charge is 0.317 e. The van der Waals surface area contributed by atoms with Gasteiger partial charge in [-0.2, -0.15) is 0 Å². The van der Waals surface area contributed by atoms with Crippen LogP contribution in [-0.2, 0) is 10.0 Å². The van der Waals surface area contributed by atoms with E-state index < -0.39 is 20.7 Å². The van der Waals surface area contributed by atoms with E-state index in [4.69, 9.17) is 5.14 Å². The van der Waals surface area contributed by atoms with Gasteiger partial charge in [0, 0.05) is 5.41 Å². The summed E-state index contributed by atoms with van der Waals surface area (Å²) in [6.07, 6.45) is 3.98. The van der Waals surface area contributed by atoms with Gasteiger partial charge in [0.15, 0.2) is 0 Å². The van der Waals surface area contributed by atoms with Crippen molar-refractivity contribution in [2.75, 3.05) is 13.1 Å². The number of sulfonamides is 1. The molecular weight excluding hydrogens is 272 g/mol. The van der Waals surface area contributed by atoms with Crippen molar-refractivity contribution in [1.82, 2.24) is 5.32 Å². The number of rotatable bonds is 2. The number of nitrogens with one attached hydrogen (secondary N) is 1. The van der Waals surface area contributed by atoms with Gasteiger partial charge in [-0.25, -0.2) is 13.6 Å². The Hall–Kier alpha value is -0.650.